The predicted octanol–water partition coefficient (Wildman–Crippen LogP) is 0.867. The third-order valence-corrected chi connectivity index (χ3v) is 3.51. The van der Waals surface area contributed by atoms with Crippen molar-refractivity contribution >= 4 is 23.6 Å². The molecule has 0 aromatic rings. The van der Waals surface area contributed by atoms with E-state index in [4.69, 9.17) is 0 Å². The lowest BCUT2D eigenvalue weighted by atomic mass is 10.0. The zero-order valence-electron chi connectivity index (χ0n) is 10.2. The summed E-state index contributed by atoms with van der Waals surface area (Å²) < 4.78 is 0. The smallest absolute Gasteiger partial charge is 0.248 e. The second-order valence-electron chi connectivity index (χ2n) is 4.45. The SMILES string of the molecule is CCSCCCN1CC(=O)NC(C)(C)C1=O. The van der Waals surface area contributed by atoms with E-state index < -0.39 is 5.54 Å². The quantitative estimate of drug-likeness (QED) is 0.730. The molecule has 0 atom stereocenters. The average molecular weight is 244 g/mol. The molecule has 1 heterocycles. The van der Waals surface area contributed by atoms with Crippen molar-refractivity contribution in [2.24, 2.45) is 0 Å². The molecule has 92 valence electrons. The third-order valence-electron chi connectivity index (χ3n) is 2.53. The molecule has 0 unspecified atom stereocenters. The van der Waals surface area contributed by atoms with Crippen LogP contribution in [0.4, 0.5) is 0 Å². The minimum atomic E-state index is -0.743. The van der Waals surface area contributed by atoms with Crippen LogP contribution < -0.4 is 5.32 Å². The minimum absolute atomic E-state index is 0.0219. The van der Waals surface area contributed by atoms with Crippen molar-refractivity contribution in [3.05, 3.63) is 0 Å². The molecule has 1 rings (SSSR count). The number of carbonyl (C=O) groups is 2. The maximum atomic E-state index is 12.0. The van der Waals surface area contributed by atoms with Crippen LogP contribution in [-0.4, -0.2) is 46.8 Å². The lowest BCUT2D eigenvalue weighted by Crippen LogP contribution is -2.63. The number of amides is 2. The molecule has 0 bridgehead atoms. The fourth-order valence-electron chi connectivity index (χ4n) is 1.76. The summed E-state index contributed by atoms with van der Waals surface area (Å²) in [5.74, 6) is 2.10. The van der Waals surface area contributed by atoms with Crippen molar-refractivity contribution in [2.75, 3.05) is 24.6 Å². The van der Waals surface area contributed by atoms with Crippen LogP contribution in [0, 0.1) is 0 Å². The van der Waals surface area contributed by atoms with Gasteiger partial charge in [0.2, 0.25) is 11.8 Å². The Bertz CT molecular complexity index is 279. The van der Waals surface area contributed by atoms with Gasteiger partial charge in [-0.05, 0) is 31.8 Å². The summed E-state index contributed by atoms with van der Waals surface area (Å²) in [6, 6.07) is 0. The maximum absolute atomic E-state index is 12.0. The molecule has 2 amide bonds. The monoisotopic (exact) mass is 244 g/mol. The van der Waals surface area contributed by atoms with Gasteiger partial charge in [-0.15, -0.1) is 0 Å². The van der Waals surface area contributed by atoms with Gasteiger partial charge in [0.1, 0.15) is 5.54 Å². The van der Waals surface area contributed by atoms with Crippen molar-refractivity contribution in [2.45, 2.75) is 32.7 Å². The maximum Gasteiger partial charge on any atom is 0.248 e. The van der Waals surface area contributed by atoms with Crippen LogP contribution in [-0.2, 0) is 9.59 Å². The van der Waals surface area contributed by atoms with Gasteiger partial charge >= 0.3 is 0 Å². The molecule has 0 radical (unpaired) electrons. The van der Waals surface area contributed by atoms with Crippen LogP contribution in [0.25, 0.3) is 0 Å². The van der Waals surface area contributed by atoms with Crippen LogP contribution in [0.2, 0.25) is 0 Å². The predicted molar refractivity (Wildman–Crippen MR) is 66.4 cm³/mol. The standard InChI is InChI=1S/C11H20N2O2S/c1-4-16-7-5-6-13-8-9(14)12-11(2,3)10(13)15/h4-8H2,1-3H3,(H,12,14). The van der Waals surface area contributed by atoms with E-state index in [9.17, 15) is 9.59 Å². The summed E-state index contributed by atoms with van der Waals surface area (Å²) in [4.78, 5) is 25.0. The van der Waals surface area contributed by atoms with E-state index in [-0.39, 0.29) is 18.4 Å². The summed E-state index contributed by atoms with van der Waals surface area (Å²) in [6.45, 7) is 6.51. The van der Waals surface area contributed by atoms with E-state index in [2.05, 4.69) is 12.2 Å². The van der Waals surface area contributed by atoms with Gasteiger partial charge in [-0.25, -0.2) is 0 Å². The van der Waals surface area contributed by atoms with Gasteiger partial charge in [-0.1, -0.05) is 6.92 Å². The lowest BCUT2D eigenvalue weighted by Gasteiger charge is -2.37. The topological polar surface area (TPSA) is 49.4 Å². The fraction of sp³-hybridized carbons (Fsp3) is 0.818. The minimum Gasteiger partial charge on any atom is -0.341 e. The molecule has 0 aromatic carbocycles. The molecule has 1 saturated heterocycles. The van der Waals surface area contributed by atoms with Crippen molar-refractivity contribution in [1.29, 1.82) is 0 Å². The molecule has 0 aliphatic carbocycles. The van der Waals surface area contributed by atoms with Crippen LogP contribution in [0.1, 0.15) is 27.2 Å². The largest absolute Gasteiger partial charge is 0.341 e. The Hall–Kier alpha value is -0.710. The Morgan fingerprint density at radius 2 is 2.12 bits per heavy atom. The Morgan fingerprint density at radius 3 is 2.75 bits per heavy atom. The first kappa shape index (κ1) is 13.4. The Labute approximate surface area is 101 Å². The first-order chi connectivity index (χ1) is 7.47. The van der Waals surface area contributed by atoms with Crippen molar-refractivity contribution < 1.29 is 9.59 Å². The number of hydrogen-bond donors (Lipinski definition) is 1. The zero-order chi connectivity index (χ0) is 12.2. The molecule has 0 spiro atoms. The normalized spacial score (nSPS) is 19.8. The molecule has 4 nitrogen and oxygen atoms in total. The molecule has 1 N–H and O–H groups in total. The molecular weight excluding hydrogens is 224 g/mol. The Balaban J connectivity index is 2.45. The third kappa shape index (κ3) is 3.40. The van der Waals surface area contributed by atoms with Gasteiger partial charge in [-0.2, -0.15) is 11.8 Å². The van der Waals surface area contributed by atoms with E-state index in [0.29, 0.717) is 6.54 Å². The van der Waals surface area contributed by atoms with Crippen LogP contribution in [0.5, 0.6) is 0 Å². The van der Waals surface area contributed by atoms with E-state index in [1.54, 1.807) is 18.7 Å². The van der Waals surface area contributed by atoms with Crippen molar-refractivity contribution in [3.63, 3.8) is 0 Å². The van der Waals surface area contributed by atoms with Crippen LogP contribution in [0.3, 0.4) is 0 Å². The van der Waals surface area contributed by atoms with Gasteiger partial charge in [0.25, 0.3) is 0 Å². The van der Waals surface area contributed by atoms with Gasteiger partial charge in [-0.3, -0.25) is 9.59 Å². The van der Waals surface area contributed by atoms with Crippen molar-refractivity contribution in [3.8, 4) is 0 Å². The first-order valence-corrected chi connectivity index (χ1v) is 6.81. The molecule has 1 aliphatic heterocycles. The number of hydrogen-bond acceptors (Lipinski definition) is 3. The highest BCUT2D eigenvalue weighted by molar-refractivity contribution is 7.99. The van der Waals surface area contributed by atoms with E-state index in [1.807, 2.05) is 11.8 Å². The van der Waals surface area contributed by atoms with Gasteiger partial charge in [0, 0.05) is 6.54 Å². The second-order valence-corrected chi connectivity index (χ2v) is 5.84. The number of carbonyl (C=O) groups excluding carboxylic acids is 2. The summed E-state index contributed by atoms with van der Waals surface area (Å²) in [5.41, 5.74) is -0.743. The van der Waals surface area contributed by atoms with Gasteiger partial charge in [0.05, 0.1) is 6.54 Å². The Morgan fingerprint density at radius 1 is 1.44 bits per heavy atom. The lowest BCUT2D eigenvalue weighted by molar-refractivity contribution is -0.148. The highest BCUT2D eigenvalue weighted by Gasteiger charge is 2.38. The summed E-state index contributed by atoms with van der Waals surface area (Å²) >= 11 is 1.86. The molecule has 1 aliphatic rings. The summed E-state index contributed by atoms with van der Waals surface area (Å²) in [5, 5.41) is 2.70. The van der Waals surface area contributed by atoms with E-state index in [0.717, 1.165) is 17.9 Å². The molecular formula is C11H20N2O2S. The van der Waals surface area contributed by atoms with Gasteiger partial charge in [0.15, 0.2) is 0 Å². The summed E-state index contributed by atoms with van der Waals surface area (Å²) in [6.07, 6.45) is 0.952. The fourth-order valence-corrected chi connectivity index (χ4v) is 2.39. The zero-order valence-corrected chi connectivity index (χ0v) is 11.0. The van der Waals surface area contributed by atoms with Gasteiger partial charge < -0.3 is 10.2 Å². The average Bonchev–Trinajstić information content (AvgIpc) is 2.19. The second kappa shape index (κ2) is 5.57. The van der Waals surface area contributed by atoms with Crippen LogP contribution >= 0.6 is 11.8 Å². The van der Waals surface area contributed by atoms with Crippen LogP contribution in [0.15, 0.2) is 0 Å². The first-order valence-electron chi connectivity index (χ1n) is 5.65. The van der Waals surface area contributed by atoms with Crippen molar-refractivity contribution in [1.82, 2.24) is 10.2 Å². The highest BCUT2D eigenvalue weighted by Crippen LogP contribution is 2.14. The Kier molecular flexibility index (Phi) is 4.65. The number of nitrogens with one attached hydrogen (secondary N) is 1. The number of thioether (sulfide) groups is 1. The number of rotatable bonds is 5. The molecule has 0 saturated carbocycles. The molecule has 1 fully saturated rings. The van der Waals surface area contributed by atoms with E-state index >= 15 is 0 Å². The molecule has 0 aromatic heterocycles. The summed E-state index contributed by atoms with van der Waals surface area (Å²) in [7, 11) is 0. The number of piperazine rings is 1. The molecule has 16 heavy (non-hydrogen) atoms. The number of nitrogens with zero attached hydrogens (tertiary/aromatic N) is 1. The highest BCUT2D eigenvalue weighted by atomic mass is 32.2. The van der Waals surface area contributed by atoms with E-state index in [1.165, 1.54) is 0 Å². The molecule has 5 heteroatoms.